The van der Waals surface area contributed by atoms with Crippen LogP contribution in [0.3, 0.4) is 0 Å². The molecule has 0 amide bonds. The smallest absolute Gasteiger partial charge is 0.318 e. The monoisotopic (exact) mass is 374 g/mol. The predicted octanol–water partition coefficient (Wildman–Crippen LogP) is 6.80. The summed E-state index contributed by atoms with van der Waals surface area (Å²) >= 11 is 0. The summed E-state index contributed by atoms with van der Waals surface area (Å²) in [7, 11) is -3.60. The van der Waals surface area contributed by atoms with Gasteiger partial charge in [0.25, 0.3) is 0 Å². The third-order valence-corrected chi connectivity index (χ3v) is 5.12. The Kier molecular flexibility index (Phi) is 18.3. The van der Waals surface area contributed by atoms with Crippen LogP contribution in [0.15, 0.2) is 12.3 Å². The van der Waals surface area contributed by atoms with E-state index in [1.165, 1.54) is 103 Å². The van der Waals surface area contributed by atoms with Crippen molar-refractivity contribution in [1.82, 2.24) is 5.09 Å². The minimum absolute atomic E-state index is 0.936. The normalized spacial score (nSPS) is 14.0. The topological polar surface area (TPSA) is 75.3 Å². The van der Waals surface area contributed by atoms with E-state index < -0.39 is 7.67 Å². The first kappa shape index (κ1) is 24.7. The molecule has 0 aromatic heterocycles. The lowest BCUT2D eigenvalue weighted by molar-refractivity contribution is 0.472. The third kappa shape index (κ3) is 23.7. The van der Waals surface area contributed by atoms with Gasteiger partial charge in [-0.05, 0) is 12.8 Å². The lowest BCUT2D eigenvalue weighted by Crippen LogP contribution is -2.08. The van der Waals surface area contributed by atoms with Crippen LogP contribution < -0.4 is 10.6 Å². The molecule has 0 aliphatic rings. The summed E-state index contributed by atoms with van der Waals surface area (Å²) in [6, 6.07) is 0. The van der Waals surface area contributed by atoms with Crippen molar-refractivity contribution in [1.29, 1.82) is 0 Å². The molecular weight excluding hydrogens is 331 g/mol. The van der Waals surface area contributed by atoms with E-state index in [2.05, 4.69) is 12.0 Å². The minimum atomic E-state index is -3.60. The fourth-order valence-electron chi connectivity index (χ4n) is 3.05. The second-order valence-electron chi connectivity index (χ2n) is 7.25. The average molecular weight is 375 g/mol. The highest BCUT2D eigenvalue weighted by Gasteiger charge is 2.03. The molecule has 0 aromatic rings. The lowest BCUT2D eigenvalue weighted by atomic mass is 10.0. The Morgan fingerprint density at radius 2 is 1.12 bits per heavy atom. The maximum atomic E-state index is 10.8. The van der Waals surface area contributed by atoms with Gasteiger partial charge in [0.2, 0.25) is 0 Å². The fraction of sp³-hybridized carbons (Fsp3) is 0.900. The van der Waals surface area contributed by atoms with Crippen LogP contribution in [0.1, 0.15) is 116 Å². The molecule has 0 spiro atoms. The lowest BCUT2D eigenvalue weighted by Gasteiger charge is -2.03. The summed E-state index contributed by atoms with van der Waals surface area (Å²) < 4.78 is 10.8. The molecular formula is C20H43N2O2P. The van der Waals surface area contributed by atoms with Gasteiger partial charge in [-0.2, -0.15) is 0 Å². The molecule has 0 bridgehead atoms. The highest BCUT2D eigenvalue weighted by molar-refractivity contribution is 7.53. The predicted molar refractivity (Wildman–Crippen MR) is 110 cm³/mol. The van der Waals surface area contributed by atoms with E-state index in [9.17, 15) is 4.57 Å². The van der Waals surface area contributed by atoms with Crippen molar-refractivity contribution in [2.24, 2.45) is 5.50 Å². The molecule has 0 aliphatic carbocycles. The molecule has 1 atom stereocenters. The molecule has 5 heteroatoms. The minimum Gasteiger partial charge on any atom is -0.318 e. The van der Waals surface area contributed by atoms with E-state index in [1.807, 2.05) is 6.08 Å². The van der Waals surface area contributed by atoms with E-state index in [4.69, 9.17) is 10.4 Å². The molecule has 150 valence electrons. The second-order valence-corrected chi connectivity index (χ2v) is 8.75. The Morgan fingerprint density at radius 1 is 0.760 bits per heavy atom. The van der Waals surface area contributed by atoms with Gasteiger partial charge in [0.15, 0.2) is 0 Å². The van der Waals surface area contributed by atoms with Crippen LogP contribution in [0.2, 0.25) is 0 Å². The van der Waals surface area contributed by atoms with Crippen molar-refractivity contribution < 1.29 is 9.46 Å². The number of rotatable bonds is 19. The van der Waals surface area contributed by atoms with E-state index in [-0.39, 0.29) is 0 Å². The third-order valence-electron chi connectivity index (χ3n) is 4.60. The Balaban J connectivity index is 3.08. The van der Waals surface area contributed by atoms with Gasteiger partial charge in [0, 0.05) is 6.20 Å². The standard InChI is InChI=1S/C20H43N2O2P/c1-2-3-4-5-6-7-8-9-10-11-12-13-14-15-16-17-18-19-20-22-25(21,23)24/h19-20H,2-18H2,1H3,(H4,21,22,23,24). The Hall–Kier alpha value is -0.310. The first-order valence-corrected chi connectivity index (χ1v) is 12.3. The van der Waals surface area contributed by atoms with Crippen molar-refractivity contribution in [3.05, 3.63) is 12.3 Å². The molecule has 4 nitrogen and oxygen atoms in total. The fourth-order valence-corrected chi connectivity index (χ4v) is 3.37. The van der Waals surface area contributed by atoms with Crippen LogP contribution in [0.25, 0.3) is 0 Å². The first-order valence-electron chi connectivity index (χ1n) is 10.6. The van der Waals surface area contributed by atoms with E-state index >= 15 is 0 Å². The van der Waals surface area contributed by atoms with Gasteiger partial charge in [0.05, 0.1) is 0 Å². The molecule has 1 unspecified atom stereocenters. The Labute approximate surface area is 156 Å². The van der Waals surface area contributed by atoms with Gasteiger partial charge >= 0.3 is 7.67 Å². The van der Waals surface area contributed by atoms with Crippen LogP contribution in [0.5, 0.6) is 0 Å². The van der Waals surface area contributed by atoms with Crippen molar-refractivity contribution in [2.45, 2.75) is 116 Å². The summed E-state index contributed by atoms with van der Waals surface area (Å²) in [6.07, 6.45) is 26.3. The van der Waals surface area contributed by atoms with E-state index in [0.29, 0.717) is 0 Å². The molecule has 0 fully saturated rings. The number of hydrogen-bond donors (Lipinski definition) is 3. The van der Waals surface area contributed by atoms with Gasteiger partial charge in [-0.1, -0.05) is 109 Å². The van der Waals surface area contributed by atoms with Crippen LogP contribution in [-0.4, -0.2) is 4.89 Å². The van der Waals surface area contributed by atoms with Crippen molar-refractivity contribution in [3.8, 4) is 0 Å². The van der Waals surface area contributed by atoms with Crippen LogP contribution in [-0.2, 0) is 4.57 Å². The van der Waals surface area contributed by atoms with Gasteiger partial charge in [-0.15, -0.1) is 0 Å². The van der Waals surface area contributed by atoms with Crippen LogP contribution in [0.4, 0.5) is 0 Å². The number of nitrogens with two attached hydrogens (primary N) is 1. The zero-order valence-corrected chi connectivity index (χ0v) is 17.4. The molecule has 4 N–H and O–H groups in total. The van der Waals surface area contributed by atoms with Crippen LogP contribution >= 0.6 is 7.67 Å². The Bertz CT molecular complexity index is 343. The molecule has 0 saturated heterocycles. The number of unbranched alkanes of at least 4 members (excludes halogenated alkanes) is 16. The molecule has 25 heavy (non-hydrogen) atoms. The summed E-state index contributed by atoms with van der Waals surface area (Å²) in [6.45, 7) is 2.28. The summed E-state index contributed by atoms with van der Waals surface area (Å²) in [5, 5.41) is 2.28. The van der Waals surface area contributed by atoms with Gasteiger partial charge in [0.1, 0.15) is 0 Å². The zero-order chi connectivity index (χ0) is 18.6. The van der Waals surface area contributed by atoms with Crippen molar-refractivity contribution >= 4 is 7.67 Å². The first-order chi connectivity index (χ1) is 12.1. The van der Waals surface area contributed by atoms with Crippen molar-refractivity contribution in [3.63, 3.8) is 0 Å². The molecule has 0 aliphatic heterocycles. The number of nitrogens with one attached hydrogen (secondary N) is 1. The van der Waals surface area contributed by atoms with Gasteiger partial charge in [-0.25, -0.2) is 10.1 Å². The second kappa shape index (κ2) is 18.5. The maximum absolute atomic E-state index is 10.8. The molecule has 0 aromatic carbocycles. The average Bonchev–Trinajstić information content (AvgIpc) is 2.56. The molecule has 0 saturated carbocycles. The summed E-state index contributed by atoms with van der Waals surface area (Å²) in [5.41, 5.74) is 4.96. The summed E-state index contributed by atoms with van der Waals surface area (Å²) in [4.78, 5) is 8.83. The zero-order valence-electron chi connectivity index (χ0n) is 16.6. The SMILES string of the molecule is CCCCCCCCCCCCCCCCCCC=CNP(N)(=O)O. The highest BCUT2D eigenvalue weighted by atomic mass is 31.2. The summed E-state index contributed by atoms with van der Waals surface area (Å²) in [5.74, 6) is 0. The van der Waals surface area contributed by atoms with Gasteiger partial charge in [-0.3, -0.25) is 0 Å². The maximum Gasteiger partial charge on any atom is 0.360 e. The Morgan fingerprint density at radius 3 is 1.48 bits per heavy atom. The molecule has 0 radical (unpaired) electrons. The van der Waals surface area contributed by atoms with Gasteiger partial charge < -0.3 is 9.98 Å². The molecule has 0 rings (SSSR count). The van der Waals surface area contributed by atoms with E-state index in [0.717, 1.165) is 12.8 Å². The quantitative estimate of drug-likeness (QED) is 0.172. The van der Waals surface area contributed by atoms with E-state index in [1.54, 1.807) is 0 Å². The van der Waals surface area contributed by atoms with Crippen LogP contribution in [0, 0.1) is 0 Å². The highest BCUT2D eigenvalue weighted by Crippen LogP contribution is 2.22. The number of hydrogen-bond acceptors (Lipinski definition) is 1. The number of allylic oxidation sites excluding steroid dienone is 1. The largest absolute Gasteiger partial charge is 0.360 e. The molecule has 0 heterocycles. The van der Waals surface area contributed by atoms with Crippen molar-refractivity contribution in [2.75, 3.05) is 0 Å².